The van der Waals surface area contributed by atoms with Gasteiger partial charge in [0.25, 0.3) is 0 Å². The number of hydrogen-bond acceptors (Lipinski definition) is 1. The topological polar surface area (TPSA) is 3.24 Å². The summed E-state index contributed by atoms with van der Waals surface area (Å²) in [6.45, 7) is 0. The third-order valence-electron chi connectivity index (χ3n) is 10.7. The molecule has 8 aromatic rings. The minimum Gasteiger partial charge on any atom is -0.310 e. The number of nitrogens with zero attached hydrogens (tertiary/aromatic N) is 1. The van der Waals surface area contributed by atoms with Crippen molar-refractivity contribution < 1.29 is 0 Å². The molecule has 0 unspecified atom stereocenters. The lowest BCUT2D eigenvalue weighted by Gasteiger charge is -2.30. The minimum absolute atomic E-state index is 0.316. The van der Waals surface area contributed by atoms with Crippen molar-refractivity contribution in [2.75, 3.05) is 4.90 Å². The Hall–Kier alpha value is -6.44. The van der Waals surface area contributed by atoms with Gasteiger partial charge in [-0.3, -0.25) is 0 Å². The Morgan fingerprint density at radius 3 is 1.22 bits per heavy atom. The molecule has 0 fully saturated rings. The standard InChI is InChI=1S/C49H33N/c1-3-18-38(19-4-1)50(39-20-5-2-6-21-39)40-22-14-17-36(32-40)34-15-13-16-35(31-34)37-29-30-48-44(33-37)43-25-9-12-28-47(43)49(48)45-26-10-7-23-41(45)42-24-8-11-27-46(42)49/h1-33H. The molecule has 2 aliphatic rings. The second-order valence-corrected chi connectivity index (χ2v) is 13.3. The lowest BCUT2D eigenvalue weighted by Crippen LogP contribution is -2.25. The predicted molar refractivity (Wildman–Crippen MR) is 208 cm³/mol. The van der Waals surface area contributed by atoms with Crippen LogP contribution < -0.4 is 4.90 Å². The molecule has 0 N–H and O–H groups in total. The lowest BCUT2D eigenvalue weighted by molar-refractivity contribution is 0.794. The van der Waals surface area contributed by atoms with Crippen LogP contribution in [0.1, 0.15) is 22.3 Å². The fraction of sp³-hybridized carbons (Fsp3) is 0.0204. The van der Waals surface area contributed by atoms with E-state index in [0.717, 1.165) is 17.1 Å². The van der Waals surface area contributed by atoms with E-state index in [0.29, 0.717) is 0 Å². The molecule has 0 heterocycles. The van der Waals surface area contributed by atoms with Gasteiger partial charge in [0, 0.05) is 17.1 Å². The molecular weight excluding hydrogens is 603 g/mol. The number of para-hydroxylation sites is 2. The van der Waals surface area contributed by atoms with Crippen molar-refractivity contribution in [2.45, 2.75) is 5.41 Å². The molecular formula is C49H33N. The number of benzene rings is 8. The normalized spacial score (nSPS) is 13.0. The first-order valence-electron chi connectivity index (χ1n) is 17.4. The van der Waals surface area contributed by atoms with Crippen molar-refractivity contribution in [1.29, 1.82) is 0 Å². The highest BCUT2D eigenvalue weighted by molar-refractivity contribution is 5.96. The predicted octanol–water partition coefficient (Wildman–Crippen LogP) is 12.8. The fourth-order valence-corrected chi connectivity index (χ4v) is 8.58. The fourth-order valence-electron chi connectivity index (χ4n) is 8.58. The highest BCUT2D eigenvalue weighted by Crippen LogP contribution is 2.62. The Bertz CT molecular complexity index is 2460. The Morgan fingerprint density at radius 2 is 0.660 bits per heavy atom. The molecule has 0 saturated carbocycles. The Kier molecular flexibility index (Phi) is 6.47. The van der Waals surface area contributed by atoms with Crippen LogP contribution in [0.4, 0.5) is 17.1 Å². The largest absolute Gasteiger partial charge is 0.310 e. The van der Waals surface area contributed by atoms with E-state index < -0.39 is 0 Å². The van der Waals surface area contributed by atoms with Gasteiger partial charge in [-0.15, -0.1) is 0 Å². The van der Waals surface area contributed by atoms with Crippen LogP contribution in [0.15, 0.2) is 200 Å². The van der Waals surface area contributed by atoms with E-state index in [1.807, 2.05) is 0 Å². The van der Waals surface area contributed by atoms with Gasteiger partial charge in [-0.1, -0.05) is 152 Å². The van der Waals surface area contributed by atoms with Crippen LogP contribution in [0, 0.1) is 0 Å². The Morgan fingerprint density at radius 1 is 0.260 bits per heavy atom. The van der Waals surface area contributed by atoms with E-state index >= 15 is 0 Å². The zero-order valence-electron chi connectivity index (χ0n) is 27.5. The SMILES string of the molecule is c1ccc(N(c2ccccc2)c2cccc(-c3cccc(-c4ccc5c(c4)-c4ccccc4C54c5ccccc5-c5ccccc54)c3)c2)cc1. The summed E-state index contributed by atoms with van der Waals surface area (Å²) in [5.74, 6) is 0. The van der Waals surface area contributed by atoms with Gasteiger partial charge in [-0.2, -0.15) is 0 Å². The van der Waals surface area contributed by atoms with Crippen LogP contribution >= 0.6 is 0 Å². The Labute approximate surface area is 293 Å². The van der Waals surface area contributed by atoms with Gasteiger partial charge in [0.15, 0.2) is 0 Å². The summed E-state index contributed by atoms with van der Waals surface area (Å²) in [5.41, 5.74) is 18.7. The van der Waals surface area contributed by atoms with Gasteiger partial charge in [-0.05, 0) is 115 Å². The van der Waals surface area contributed by atoms with E-state index in [1.165, 1.54) is 66.8 Å². The molecule has 0 aromatic heterocycles. The molecule has 8 aromatic carbocycles. The smallest absolute Gasteiger partial charge is 0.0725 e. The highest BCUT2D eigenvalue weighted by atomic mass is 15.1. The zero-order chi connectivity index (χ0) is 33.1. The summed E-state index contributed by atoms with van der Waals surface area (Å²) >= 11 is 0. The second-order valence-electron chi connectivity index (χ2n) is 13.3. The molecule has 2 aliphatic carbocycles. The summed E-state index contributed by atoms with van der Waals surface area (Å²) in [5, 5.41) is 0. The third kappa shape index (κ3) is 4.20. The molecule has 0 aliphatic heterocycles. The maximum absolute atomic E-state index is 2.43. The van der Waals surface area contributed by atoms with Gasteiger partial charge >= 0.3 is 0 Å². The highest BCUT2D eigenvalue weighted by Gasteiger charge is 2.51. The first kappa shape index (κ1) is 28.6. The molecule has 0 amide bonds. The van der Waals surface area contributed by atoms with Gasteiger partial charge in [0.2, 0.25) is 0 Å². The first-order chi connectivity index (χ1) is 24.8. The second kappa shape index (κ2) is 11.3. The van der Waals surface area contributed by atoms with Crippen LogP contribution in [0.3, 0.4) is 0 Å². The third-order valence-corrected chi connectivity index (χ3v) is 10.7. The first-order valence-corrected chi connectivity index (χ1v) is 17.4. The summed E-state index contributed by atoms with van der Waals surface area (Å²) in [7, 11) is 0. The molecule has 0 atom stereocenters. The van der Waals surface area contributed by atoms with Gasteiger partial charge in [0.05, 0.1) is 5.41 Å². The lowest BCUT2D eigenvalue weighted by atomic mass is 9.70. The van der Waals surface area contributed by atoms with Crippen molar-refractivity contribution >= 4 is 17.1 Å². The van der Waals surface area contributed by atoms with Crippen molar-refractivity contribution in [3.63, 3.8) is 0 Å². The molecule has 0 bridgehead atoms. The van der Waals surface area contributed by atoms with Crippen molar-refractivity contribution in [3.8, 4) is 44.5 Å². The number of fused-ring (bicyclic) bond motifs is 10. The van der Waals surface area contributed by atoms with Gasteiger partial charge < -0.3 is 4.90 Å². The number of anilines is 3. The maximum Gasteiger partial charge on any atom is 0.0725 e. The Balaban J connectivity index is 1.09. The molecule has 234 valence electrons. The minimum atomic E-state index is -0.316. The molecule has 1 spiro atoms. The van der Waals surface area contributed by atoms with Crippen molar-refractivity contribution in [3.05, 3.63) is 222 Å². The van der Waals surface area contributed by atoms with Crippen LogP contribution in [-0.4, -0.2) is 0 Å². The monoisotopic (exact) mass is 635 g/mol. The van der Waals surface area contributed by atoms with Crippen molar-refractivity contribution in [2.24, 2.45) is 0 Å². The van der Waals surface area contributed by atoms with Crippen LogP contribution in [0.25, 0.3) is 44.5 Å². The van der Waals surface area contributed by atoms with Crippen molar-refractivity contribution in [1.82, 2.24) is 0 Å². The number of rotatable bonds is 5. The summed E-state index contributed by atoms with van der Waals surface area (Å²) in [4.78, 5) is 2.32. The van der Waals surface area contributed by atoms with E-state index in [2.05, 4.69) is 205 Å². The zero-order valence-corrected chi connectivity index (χ0v) is 27.5. The molecule has 1 nitrogen and oxygen atoms in total. The van der Waals surface area contributed by atoms with E-state index in [4.69, 9.17) is 0 Å². The van der Waals surface area contributed by atoms with Gasteiger partial charge in [0.1, 0.15) is 0 Å². The van der Waals surface area contributed by atoms with Crippen LogP contribution in [0.2, 0.25) is 0 Å². The number of hydrogen-bond donors (Lipinski definition) is 0. The summed E-state index contributed by atoms with van der Waals surface area (Å²) in [6.07, 6.45) is 0. The maximum atomic E-state index is 2.43. The summed E-state index contributed by atoms with van der Waals surface area (Å²) < 4.78 is 0. The van der Waals surface area contributed by atoms with E-state index in [-0.39, 0.29) is 5.41 Å². The molecule has 0 saturated heterocycles. The van der Waals surface area contributed by atoms with Gasteiger partial charge in [-0.25, -0.2) is 0 Å². The quantitative estimate of drug-likeness (QED) is 0.182. The van der Waals surface area contributed by atoms with E-state index in [1.54, 1.807) is 0 Å². The average Bonchev–Trinajstić information content (AvgIpc) is 3.66. The molecule has 1 heteroatoms. The van der Waals surface area contributed by atoms with E-state index in [9.17, 15) is 0 Å². The molecule has 10 rings (SSSR count). The average molecular weight is 636 g/mol. The molecule has 50 heavy (non-hydrogen) atoms. The van der Waals surface area contributed by atoms with Crippen LogP contribution in [0.5, 0.6) is 0 Å². The summed E-state index contributed by atoms with van der Waals surface area (Å²) in [6, 6.07) is 73.2. The van der Waals surface area contributed by atoms with Crippen LogP contribution in [-0.2, 0) is 5.41 Å². The molecule has 0 radical (unpaired) electrons.